The zero-order valence-corrected chi connectivity index (χ0v) is 13.0. The van der Waals surface area contributed by atoms with Gasteiger partial charge in [-0.25, -0.2) is 4.39 Å². The maximum Gasteiger partial charge on any atom is 0.311 e. The van der Waals surface area contributed by atoms with E-state index in [-0.39, 0.29) is 10.7 Å². The van der Waals surface area contributed by atoms with Crippen LogP contribution in [0.3, 0.4) is 0 Å². The highest BCUT2D eigenvalue weighted by atomic mass is 35.5. The maximum absolute atomic E-state index is 13.2. The Hall–Kier alpha value is -3.27. The lowest BCUT2D eigenvalue weighted by Gasteiger charge is -2.08. The molecule has 0 bridgehead atoms. The minimum atomic E-state index is -0.844. The third-order valence-corrected chi connectivity index (χ3v) is 3.14. The third kappa shape index (κ3) is 4.61. The van der Waals surface area contributed by atoms with Crippen LogP contribution in [-0.4, -0.2) is 22.4 Å². The first-order chi connectivity index (χ1) is 11.8. The summed E-state index contributed by atoms with van der Waals surface area (Å²) in [5.74, 6) is -2.07. The van der Waals surface area contributed by atoms with Gasteiger partial charge in [-0.05, 0) is 18.2 Å². The largest absolute Gasteiger partial charge is 0.477 e. The molecule has 25 heavy (non-hydrogen) atoms. The van der Waals surface area contributed by atoms with E-state index in [2.05, 4.69) is 5.32 Å². The highest BCUT2D eigenvalue weighted by Gasteiger charge is 2.19. The lowest BCUT2D eigenvalue weighted by molar-refractivity contribution is -0.385. The van der Waals surface area contributed by atoms with Crippen molar-refractivity contribution in [3.63, 3.8) is 0 Å². The Morgan fingerprint density at radius 3 is 2.40 bits per heavy atom. The molecule has 11 heteroatoms. The number of nitro groups is 2. The standard InChI is InChI=1S/C14H9ClFN3O6/c15-8-1-3-11(18(21)22)10(5-8)17-14(20)7-25-13-6-9(16)2-4-12(13)19(23)24/h1-6H,7H2,(H,17,20). The zero-order valence-electron chi connectivity index (χ0n) is 12.3. The number of amides is 1. The maximum atomic E-state index is 13.2. The van der Waals surface area contributed by atoms with Gasteiger partial charge in [0.2, 0.25) is 5.75 Å². The number of halogens is 2. The molecule has 0 spiro atoms. The van der Waals surface area contributed by atoms with Gasteiger partial charge in [0.25, 0.3) is 11.6 Å². The van der Waals surface area contributed by atoms with Crippen molar-refractivity contribution in [1.82, 2.24) is 0 Å². The molecule has 0 aliphatic carbocycles. The minimum Gasteiger partial charge on any atom is -0.477 e. The molecule has 0 saturated carbocycles. The summed E-state index contributed by atoms with van der Waals surface area (Å²) in [6, 6.07) is 6.08. The van der Waals surface area contributed by atoms with Gasteiger partial charge in [0.15, 0.2) is 6.61 Å². The molecule has 0 atom stereocenters. The van der Waals surface area contributed by atoms with E-state index in [0.29, 0.717) is 0 Å². The number of hydrogen-bond donors (Lipinski definition) is 1. The van der Waals surface area contributed by atoms with Gasteiger partial charge in [-0.3, -0.25) is 25.0 Å². The minimum absolute atomic E-state index is 0.155. The molecule has 0 unspecified atom stereocenters. The van der Waals surface area contributed by atoms with Crippen molar-refractivity contribution in [3.8, 4) is 5.75 Å². The number of anilines is 1. The normalized spacial score (nSPS) is 10.2. The zero-order chi connectivity index (χ0) is 18.6. The van der Waals surface area contributed by atoms with E-state index >= 15 is 0 Å². The number of ether oxygens (including phenoxy) is 1. The number of hydrogen-bond acceptors (Lipinski definition) is 6. The number of benzene rings is 2. The molecule has 0 aliphatic heterocycles. The molecule has 1 amide bonds. The van der Waals surface area contributed by atoms with Crippen molar-refractivity contribution in [2.24, 2.45) is 0 Å². The average Bonchev–Trinajstić information content (AvgIpc) is 2.52. The smallest absolute Gasteiger partial charge is 0.311 e. The summed E-state index contributed by atoms with van der Waals surface area (Å²) in [7, 11) is 0. The Bertz CT molecular complexity index is 860. The Morgan fingerprint density at radius 2 is 1.76 bits per heavy atom. The van der Waals surface area contributed by atoms with Crippen LogP contribution in [0.25, 0.3) is 0 Å². The Morgan fingerprint density at radius 1 is 1.12 bits per heavy atom. The summed E-state index contributed by atoms with van der Waals surface area (Å²) in [5.41, 5.74) is -1.09. The van der Waals surface area contributed by atoms with E-state index in [4.69, 9.17) is 16.3 Å². The Labute approximate surface area is 144 Å². The molecule has 0 radical (unpaired) electrons. The van der Waals surface area contributed by atoms with E-state index in [9.17, 15) is 29.4 Å². The number of nitrogens with zero attached hydrogens (tertiary/aromatic N) is 2. The lowest BCUT2D eigenvalue weighted by atomic mass is 10.2. The molecule has 0 aliphatic rings. The van der Waals surface area contributed by atoms with Gasteiger partial charge in [0, 0.05) is 23.2 Å². The first kappa shape index (κ1) is 18.1. The van der Waals surface area contributed by atoms with Crippen LogP contribution < -0.4 is 10.1 Å². The quantitative estimate of drug-likeness (QED) is 0.615. The van der Waals surface area contributed by atoms with Gasteiger partial charge in [-0.2, -0.15) is 0 Å². The van der Waals surface area contributed by atoms with E-state index in [1.165, 1.54) is 12.1 Å². The van der Waals surface area contributed by atoms with Crippen LogP contribution in [0, 0.1) is 26.0 Å². The SMILES string of the molecule is O=C(COc1cc(F)ccc1[N+](=O)[O-])Nc1cc(Cl)ccc1[N+](=O)[O-]. The van der Waals surface area contributed by atoms with Gasteiger partial charge in [0.1, 0.15) is 11.5 Å². The summed E-state index contributed by atoms with van der Waals surface area (Å²) in [6.45, 7) is -0.728. The number of rotatable bonds is 6. The molecule has 0 fully saturated rings. The van der Waals surface area contributed by atoms with Crippen molar-refractivity contribution in [2.75, 3.05) is 11.9 Å². The fourth-order valence-corrected chi connectivity index (χ4v) is 2.02. The highest BCUT2D eigenvalue weighted by Crippen LogP contribution is 2.29. The van der Waals surface area contributed by atoms with Gasteiger partial charge in [0.05, 0.1) is 9.85 Å². The molecular formula is C14H9ClFN3O6. The van der Waals surface area contributed by atoms with Gasteiger partial charge in [-0.1, -0.05) is 11.6 Å². The molecular weight excluding hydrogens is 361 g/mol. The summed E-state index contributed by atoms with van der Waals surface area (Å²) in [6.07, 6.45) is 0. The van der Waals surface area contributed by atoms with Gasteiger partial charge < -0.3 is 10.1 Å². The molecule has 0 heterocycles. The fourth-order valence-electron chi connectivity index (χ4n) is 1.85. The van der Waals surface area contributed by atoms with Crippen LogP contribution in [0.15, 0.2) is 36.4 Å². The first-order valence-electron chi connectivity index (χ1n) is 6.58. The van der Waals surface area contributed by atoms with Crippen molar-refractivity contribution in [1.29, 1.82) is 0 Å². The summed E-state index contributed by atoms with van der Waals surface area (Å²) >= 11 is 5.73. The van der Waals surface area contributed by atoms with Crippen LogP contribution in [0.2, 0.25) is 5.02 Å². The third-order valence-electron chi connectivity index (χ3n) is 2.91. The molecule has 0 saturated heterocycles. The molecule has 2 aromatic rings. The van der Waals surface area contributed by atoms with Crippen LogP contribution in [-0.2, 0) is 4.79 Å². The van der Waals surface area contributed by atoms with E-state index in [1.54, 1.807) is 0 Å². The molecule has 0 aromatic heterocycles. The van der Waals surface area contributed by atoms with Crippen molar-refractivity contribution < 1.29 is 23.8 Å². The monoisotopic (exact) mass is 369 g/mol. The Balaban J connectivity index is 2.12. The van der Waals surface area contributed by atoms with E-state index in [1.807, 2.05) is 0 Å². The van der Waals surface area contributed by atoms with Gasteiger partial charge >= 0.3 is 5.69 Å². The summed E-state index contributed by atoms with van der Waals surface area (Å²) in [4.78, 5) is 32.1. The van der Waals surface area contributed by atoms with Crippen molar-refractivity contribution in [2.45, 2.75) is 0 Å². The second-order valence-electron chi connectivity index (χ2n) is 4.62. The topological polar surface area (TPSA) is 125 Å². The predicted octanol–water partition coefficient (Wildman–Crippen LogP) is 3.31. The predicted molar refractivity (Wildman–Crippen MR) is 85.3 cm³/mol. The lowest BCUT2D eigenvalue weighted by Crippen LogP contribution is -2.21. The van der Waals surface area contributed by atoms with Crippen molar-refractivity contribution >= 4 is 34.6 Å². The van der Waals surface area contributed by atoms with Crippen LogP contribution in [0.1, 0.15) is 0 Å². The second-order valence-corrected chi connectivity index (χ2v) is 5.06. The highest BCUT2D eigenvalue weighted by molar-refractivity contribution is 6.31. The summed E-state index contributed by atoms with van der Waals surface area (Å²) < 4.78 is 18.1. The molecule has 9 nitrogen and oxygen atoms in total. The number of nitrogens with one attached hydrogen (secondary N) is 1. The van der Waals surface area contributed by atoms with Crippen LogP contribution in [0.4, 0.5) is 21.5 Å². The van der Waals surface area contributed by atoms with Crippen LogP contribution >= 0.6 is 11.6 Å². The first-order valence-corrected chi connectivity index (χ1v) is 6.96. The van der Waals surface area contributed by atoms with E-state index in [0.717, 1.165) is 24.3 Å². The average molecular weight is 370 g/mol. The molecule has 2 rings (SSSR count). The van der Waals surface area contributed by atoms with Crippen molar-refractivity contribution in [3.05, 3.63) is 67.5 Å². The number of carbonyl (C=O) groups is 1. The number of nitro benzene ring substituents is 2. The molecule has 1 N–H and O–H groups in total. The van der Waals surface area contributed by atoms with Gasteiger partial charge in [-0.15, -0.1) is 0 Å². The fraction of sp³-hybridized carbons (Fsp3) is 0.0714. The van der Waals surface area contributed by atoms with E-state index < -0.39 is 45.3 Å². The molecule has 130 valence electrons. The Kier molecular flexibility index (Phi) is 5.45. The van der Waals surface area contributed by atoms with Crippen LogP contribution in [0.5, 0.6) is 5.75 Å². The molecule has 2 aromatic carbocycles. The summed E-state index contributed by atoms with van der Waals surface area (Å²) in [5, 5.41) is 24.1. The second kappa shape index (κ2) is 7.53. The number of carbonyl (C=O) groups excluding carboxylic acids is 1.